The Morgan fingerprint density at radius 2 is 1.67 bits per heavy atom. The molecule has 0 aliphatic heterocycles. The van der Waals surface area contributed by atoms with E-state index >= 15 is 0 Å². The predicted molar refractivity (Wildman–Crippen MR) is 82.5 cm³/mol. The molecular weight excluding hydrogens is 272 g/mol. The maximum Gasteiger partial charge on any atom is 0.222 e. The third-order valence-corrected chi connectivity index (χ3v) is 3.06. The van der Waals surface area contributed by atoms with Crippen molar-refractivity contribution in [1.29, 1.82) is 0 Å². The molecule has 0 aliphatic carbocycles. The maximum atomic E-state index is 11.5. The van der Waals surface area contributed by atoms with E-state index in [0.29, 0.717) is 30.2 Å². The number of nitrogens with zero attached hydrogens (tertiary/aromatic N) is 1. The van der Waals surface area contributed by atoms with Gasteiger partial charge in [-0.3, -0.25) is 4.79 Å². The molecule has 0 fully saturated rings. The van der Waals surface area contributed by atoms with E-state index in [2.05, 4.69) is 5.32 Å². The number of amides is 1. The van der Waals surface area contributed by atoms with E-state index in [4.69, 9.17) is 14.2 Å². The summed E-state index contributed by atoms with van der Waals surface area (Å²) in [4.78, 5) is 13.1. The zero-order chi connectivity index (χ0) is 15.8. The molecule has 21 heavy (non-hydrogen) atoms. The summed E-state index contributed by atoms with van der Waals surface area (Å²) in [5.74, 6) is 1.89. The smallest absolute Gasteiger partial charge is 0.222 e. The summed E-state index contributed by atoms with van der Waals surface area (Å²) >= 11 is 0. The van der Waals surface area contributed by atoms with Gasteiger partial charge in [0.1, 0.15) is 0 Å². The first-order valence-electron chi connectivity index (χ1n) is 6.77. The molecule has 0 radical (unpaired) electrons. The number of ether oxygens (including phenoxy) is 3. The summed E-state index contributed by atoms with van der Waals surface area (Å²) in [6.45, 7) is 0.693. The summed E-state index contributed by atoms with van der Waals surface area (Å²) in [5.41, 5.74) is 0.863. The van der Waals surface area contributed by atoms with Crippen LogP contribution in [0.2, 0.25) is 0 Å². The number of anilines is 1. The molecule has 0 atom stereocenters. The fraction of sp³-hybridized carbons (Fsp3) is 0.533. The van der Waals surface area contributed by atoms with Crippen molar-refractivity contribution in [1.82, 2.24) is 4.90 Å². The van der Waals surface area contributed by atoms with Crippen LogP contribution in [0.4, 0.5) is 5.69 Å². The van der Waals surface area contributed by atoms with Crippen molar-refractivity contribution in [2.45, 2.75) is 12.8 Å². The van der Waals surface area contributed by atoms with Gasteiger partial charge in [0.2, 0.25) is 11.7 Å². The van der Waals surface area contributed by atoms with Gasteiger partial charge in [0, 0.05) is 44.9 Å². The molecule has 0 unspecified atom stereocenters. The molecule has 0 saturated carbocycles. The van der Waals surface area contributed by atoms with E-state index < -0.39 is 0 Å². The van der Waals surface area contributed by atoms with E-state index in [1.54, 1.807) is 40.3 Å². The third-order valence-electron chi connectivity index (χ3n) is 3.06. The standard InChI is InChI=1S/C15H24N2O4/c1-17(2)14(18)7-6-8-16-11-9-12(19-3)15(21-5)13(10-11)20-4/h9-10,16H,6-8H2,1-5H3. The molecule has 1 aromatic carbocycles. The number of carbonyl (C=O) groups is 1. The van der Waals surface area contributed by atoms with Crippen LogP contribution < -0.4 is 19.5 Å². The second kappa shape index (κ2) is 8.24. The highest BCUT2D eigenvalue weighted by Crippen LogP contribution is 2.39. The van der Waals surface area contributed by atoms with Crippen LogP contribution in [-0.4, -0.2) is 52.8 Å². The van der Waals surface area contributed by atoms with E-state index in [-0.39, 0.29) is 5.91 Å². The van der Waals surface area contributed by atoms with Crippen molar-refractivity contribution in [3.05, 3.63) is 12.1 Å². The number of benzene rings is 1. The number of methoxy groups -OCH3 is 3. The lowest BCUT2D eigenvalue weighted by molar-refractivity contribution is -0.128. The van der Waals surface area contributed by atoms with E-state index in [0.717, 1.165) is 12.1 Å². The molecule has 6 nitrogen and oxygen atoms in total. The van der Waals surface area contributed by atoms with Crippen LogP contribution in [0.3, 0.4) is 0 Å². The van der Waals surface area contributed by atoms with Gasteiger partial charge in [-0.15, -0.1) is 0 Å². The second-order valence-electron chi connectivity index (χ2n) is 4.73. The van der Waals surface area contributed by atoms with Crippen LogP contribution in [-0.2, 0) is 4.79 Å². The molecule has 0 aromatic heterocycles. The third kappa shape index (κ3) is 4.73. The Hall–Kier alpha value is -2.11. The molecule has 0 saturated heterocycles. The highest BCUT2D eigenvalue weighted by Gasteiger charge is 2.13. The van der Waals surface area contributed by atoms with Crippen molar-refractivity contribution in [2.24, 2.45) is 0 Å². The Kier molecular flexibility index (Phi) is 6.65. The quantitative estimate of drug-likeness (QED) is 0.743. The fourth-order valence-electron chi connectivity index (χ4n) is 1.88. The van der Waals surface area contributed by atoms with Crippen molar-refractivity contribution < 1.29 is 19.0 Å². The highest BCUT2D eigenvalue weighted by molar-refractivity contribution is 5.75. The van der Waals surface area contributed by atoms with Crippen LogP contribution >= 0.6 is 0 Å². The average molecular weight is 296 g/mol. The van der Waals surface area contributed by atoms with Crippen molar-refractivity contribution in [3.63, 3.8) is 0 Å². The molecule has 0 spiro atoms. The lowest BCUT2D eigenvalue weighted by Crippen LogP contribution is -2.22. The van der Waals surface area contributed by atoms with Crippen molar-refractivity contribution in [3.8, 4) is 17.2 Å². The number of rotatable bonds is 8. The van der Waals surface area contributed by atoms with Gasteiger partial charge in [-0.25, -0.2) is 0 Å². The summed E-state index contributed by atoms with van der Waals surface area (Å²) < 4.78 is 15.8. The first kappa shape index (κ1) is 16.9. The number of hydrogen-bond donors (Lipinski definition) is 1. The normalized spacial score (nSPS) is 9.95. The van der Waals surface area contributed by atoms with Gasteiger partial charge in [-0.05, 0) is 6.42 Å². The lowest BCUT2D eigenvalue weighted by Gasteiger charge is -2.15. The zero-order valence-electron chi connectivity index (χ0n) is 13.4. The Labute approximate surface area is 126 Å². The molecule has 1 amide bonds. The van der Waals surface area contributed by atoms with Gasteiger partial charge >= 0.3 is 0 Å². The Morgan fingerprint density at radius 3 is 2.10 bits per heavy atom. The zero-order valence-corrected chi connectivity index (χ0v) is 13.4. The highest BCUT2D eigenvalue weighted by atomic mass is 16.5. The van der Waals surface area contributed by atoms with Gasteiger partial charge in [0.15, 0.2) is 11.5 Å². The summed E-state index contributed by atoms with van der Waals surface area (Å²) in [6, 6.07) is 3.68. The molecular formula is C15H24N2O4. The van der Waals surface area contributed by atoms with Crippen molar-refractivity contribution in [2.75, 3.05) is 47.3 Å². The van der Waals surface area contributed by atoms with Crippen LogP contribution in [0.25, 0.3) is 0 Å². The minimum absolute atomic E-state index is 0.127. The largest absolute Gasteiger partial charge is 0.493 e. The lowest BCUT2D eigenvalue weighted by atomic mass is 10.2. The maximum absolute atomic E-state index is 11.5. The molecule has 118 valence electrons. The van der Waals surface area contributed by atoms with Gasteiger partial charge < -0.3 is 24.4 Å². The van der Waals surface area contributed by atoms with Crippen LogP contribution in [0.5, 0.6) is 17.2 Å². The van der Waals surface area contributed by atoms with Gasteiger partial charge in [-0.2, -0.15) is 0 Å². The number of hydrogen-bond acceptors (Lipinski definition) is 5. The average Bonchev–Trinajstić information content (AvgIpc) is 2.49. The first-order valence-corrected chi connectivity index (χ1v) is 6.77. The SMILES string of the molecule is COc1cc(NCCCC(=O)N(C)C)cc(OC)c1OC. The summed E-state index contributed by atoms with van der Waals surface area (Å²) in [5, 5.41) is 3.25. The van der Waals surface area contributed by atoms with E-state index in [1.165, 1.54) is 0 Å². The molecule has 0 aliphatic rings. The number of carbonyl (C=O) groups excluding carboxylic acids is 1. The minimum atomic E-state index is 0.127. The molecule has 6 heteroatoms. The number of nitrogens with one attached hydrogen (secondary N) is 1. The summed E-state index contributed by atoms with van der Waals surface area (Å²) in [6.07, 6.45) is 1.28. The Balaban J connectivity index is 2.65. The van der Waals surface area contributed by atoms with E-state index in [9.17, 15) is 4.79 Å². The molecule has 1 N–H and O–H groups in total. The van der Waals surface area contributed by atoms with Gasteiger partial charge in [-0.1, -0.05) is 0 Å². The summed E-state index contributed by atoms with van der Waals surface area (Å²) in [7, 11) is 8.25. The molecule has 1 rings (SSSR count). The van der Waals surface area contributed by atoms with Crippen LogP contribution in [0, 0.1) is 0 Å². The Morgan fingerprint density at radius 1 is 1.10 bits per heavy atom. The van der Waals surface area contributed by atoms with E-state index in [1.807, 2.05) is 12.1 Å². The van der Waals surface area contributed by atoms with Crippen molar-refractivity contribution >= 4 is 11.6 Å². The second-order valence-corrected chi connectivity index (χ2v) is 4.73. The Bertz CT molecular complexity index is 450. The topological polar surface area (TPSA) is 60.0 Å². The molecule has 1 aromatic rings. The molecule has 0 heterocycles. The first-order chi connectivity index (χ1) is 10.0. The minimum Gasteiger partial charge on any atom is -0.493 e. The fourth-order valence-corrected chi connectivity index (χ4v) is 1.88. The molecule has 0 bridgehead atoms. The van der Waals surface area contributed by atoms with Gasteiger partial charge in [0.25, 0.3) is 0 Å². The monoisotopic (exact) mass is 296 g/mol. The van der Waals surface area contributed by atoms with Crippen LogP contribution in [0.15, 0.2) is 12.1 Å². The van der Waals surface area contributed by atoms with Gasteiger partial charge in [0.05, 0.1) is 21.3 Å². The van der Waals surface area contributed by atoms with Crippen LogP contribution in [0.1, 0.15) is 12.8 Å². The predicted octanol–water partition coefficient (Wildman–Crippen LogP) is 1.99.